The van der Waals surface area contributed by atoms with Gasteiger partial charge in [-0.15, -0.1) is 10.2 Å². The summed E-state index contributed by atoms with van der Waals surface area (Å²) in [6, 6.07) is 8.07. The van der Waals surface area contributed by atoms with E-state index in [1.807, 2.05) is 33.1 Å². The summed E-state index contributed by atoms with van der Waals surface area (Å²) in [6.45, 7) is 0. The van der Waals surface area contributed by atoms with Crippen LogP contribution in [0.5, 0.6) is 0 Å². The molecule has 5 aromatic rings. The molecule has 6 rings (SSSR count). The molecule has 1 aliphatic carbocycles. The number of imidazole rings is 1. The van der Waals surface area contributed by atoms with Crippen LogP contribution in [0.2, 0.25) is 0 Å². The average molecular weight is 345 g/mol. The molecule has 0 bridgehead atoms. The lowest BCUT2D eigenvalue weighted by atomic mass is 10.1. The van der Waals surface area contributed by atoms with Crippen molar-refractivity contribution in [2.45, 2.75) is 31.6 Å². The Kier molecular flexibility index (Phi) is 2.74. The summed E-state index contributed by atoms with van der Waals surface area (Å²) in [5.41, 5.74) is 2.66. The van der Waals surface area contributed by atoms with Gasteiger partial charge in [0.15, 0.2) is 5.65 Å². The van der Waals surface area contributed by atoms with Crippen LogP contribution in [0.25, 0.3) is 33.8 Å². The van der Waals surface area contributed by atoms with Gasteiger partial charge in [-0.25, -0.2) is 4.98 Å². The average Bonchev–Trinajstić information content (AvgIpc) is 3.47. The van der Waals surface area contributed by atoms with E-state index in [0.29, 0.717) is 23.5 Å². The van der Waals surface area contributed by atoms with Crippen molar-refractivity contribution in [3.8, 4) is 11.6 Å². The molecule has 1 saturated carbocycles. The first-order valence-electron chi connectivity index (χ1n) is 8.82. The lowest BCUT2D eigenvalue weighted by Crippen LogP contribution is -1.99. The van der Waals surface area contributed by atoms with Gasteiger partial charge in [-0.05, 0) is 25.0 Å². The summed E-state index contributed by atoms with van der Waals surface area (Å²) in [7, 11) is 0. The molecule has 1 fully saturated rings. The van der Waals surface area contributed by atoms with E-state index in [1.54, 1.807) is 12.5 Å². The van der Waals surface area contributed by atoms with E-state index in [1.165, 1.54) is 12.8 Å². The molecule has 0 aliphatic heterocycles. The highest BCUT2D eigenvalue weighted by atomic mass is 16.5. The van der Waals surface area contributed by atoms with Gasteiger partial charge in [0, 0.05) is 11.3 Å². The fourth-order valence-corrected chi connectivity index (χ4v) is 4.00. The Bertz CT molecular complexity index is 1260. The highest BCUT2D eigenvalue weighted by Crippen LogP contribution is 2.34. The van der Waals surface area contributed by atoms with Crippen LogP contribution in [0.15, 0.2) is 41.3 Å². The van der Waals surface area contributed by atoms with Gasteiger partial charge in [0.05, 0.1) is 11.7 Å². The van der Waals surface area contributed by atoms with Crippen molar-refractivity contribution < 1.29 is 4.52 Å². The predicted molar refractivity (Wildman–Crippen MR) is 93.7 cm³/mol. The molecule has 8 nitrogen and oxygen atoms in total. The second kappa shape index (κ2) is 5.10. The molecule has 0 atom stereocenters. The normalized spacial score (nSPS) is 15.7. The minimum absolute atomic E-state index is 0.367. The van der Waals surface area contributed by atoms with Crippen LogP contribution in [0.1, 0.15) is 37.5 Å². The number of para-hydroxylation sites is 1. The Balaban J connectivity index is 1.63. The van der Waals surface area contributed by atoms with Crippen molar-refractivity contribution in [1.82, 2.24) is 34.1 Å². The number of hydrogen-bond acceptors (Lipinski definition) is 6. The summed E-state index contributed by atoms with van der Waals surface area (Å²) < 4.78 is 9.50. The van der Waals surface area contributed by atoms with E-state index in [0.717, 1.165) is 35.0 Å². The molecule has 4 aromatic heterocycles. The van der Waals surface area contributed by atoms with Gasteiger partial charge >= 0.3 is 0 Å². The smallest absolute Gasteiger partial charge is 0.240 e. The SMILES string of the molecule is c1ccc2c(c1)c1nnc(-c3noc(C4CCCC4)n3)n1c1cncn21. The lowest BCUT2D eigenvalue weighted by molar-refractivity contribution is 0.354. The molecule has 0 saturated heterocycles. The van der Waals surface area contributed by atoms with Gasteiger partial charge in [-0.2, -0.15) is 4.98 Å². The van der Waals surface area contributed by atoms with Gasteiger partial charge in [-0.3, -0.25) is 8.80 Å². The third-order valence-corrected chi connectivity index (χ3v) is 5.26. The summed E-state index contributed by atoms with van der Waals surface area (Å²) in [6.07, 6.45) is 8.25. The largest absolute Gasteiger partial charge is 0.339 e. The summed E-state index contributed by atoms with van der Waals surface area (Å²) in [5.74, 6) is 2.12. The lowest BCUT2D eigenvalue weighted by Gasteiger charge is -2.05. The molecule has 1 aliphatic rings. The minimum atomic E-state index is 0.367. The number of nitrogens with zero attached hydrogens (tertiary/aromatic N) is 7. The highest BCUT2D eigenvalue weighted by molar-refractivity contribution is 5.94. The minimum Gasteiger partial charge on any atom is -0.339 e. The molecular formula is C18H15N7O. The molecule has 4 heterocycles. The first-order chi connectivity index (χ1) is 12.9. The van der Waals surface area contributed by atoms with E-state index in [-0.39, 0.29) is 0 Å². The monoisotopic (exact) mass is 345 g/mol. The third-order valence-electron chi connectivity index (χ3n) is 5.26. The van der Waals surface area contributed by atoms with Gasteiger partial charge < -0.3 is 4.52 Å². The van der Waals surface area contributed by atoms with Crippen LogP contribution in [0.4, 0.5) is 0 Å². The van der Waals surface area contributed by atoms with Gasteiger partial charge in [0.2, 0.25) is 17.5 Å². The Morgan fingerprint density at radius 1 is 1.08 bits per heavy atom. The highest BCUT2D eigenvalue weighted by Gasteiger charge is 2.25. The van der Waals surface area contributed by atoms with E-state index < -0.39 is 0 Å². The maximum atomic E-state index is 5.54. The predicted octanol–water partition coefficient (Wildman–Crippen LogP) is 3.24. The summed E-state index contributed by atoms with van der Waals surface area (Å²) >= 11 is 0. The maximum absolute atomic E-state index is 5.54. The van der Waals surface area contributed by atoms with Crippen molar-refractivity contribution in [1.29, 1.82) is 0 Å². The van der Waals surface area contributed by atoms with Crippen molar-refractivity contribution >= 4 is 22.2 Å². The van der Waals surface area contributed by atoms with Gasteiger partial charge in [0.25, 0.3) is 0 Å². The van der Waals surface area contributed by atoms with Crippen molar-refractivity contribution in [2.24, 2.45) is 0 Å². The van der Waals surface area contributed by atoms with Crippen LogP contribution in [-0.4, -0.2) is 34.1 Å². The Labute approximate surface area is 147 Å². The number of fused-ring (bicyclic) bond motifs is 6. The standard InChI is InChI=1S/C18H15N7O/c1-2-6-11(5-1)18-20-15(23-26-18)17-22-21-16-12-7-3-4-8-13(12)24-10-19-9-14(24)25(16)17/h3-4,7-11H,1-2,5-6H2. The fraction of sp³-hybridized carbons (Fsp3) is 0.278. The topological polar surface area (TPSA) is 86.4 Å². The van der Waals surface area contributed by atoms with E-state index in [4.69, 9.17) is 4.52 Å². The van der Waals surface area contributed by atoms with Crippen molar-refractivity contribution in [2.75, 3.05) is 0 Å². The zero-order valence-corrected chi connectivity index (χ0v) is 13.9. The zero-order valence-electron chi connectivity index (χ0n) is 13.9. The maximum Gasteiger partial charge on any atom is 0.240 e. The Morgan fingerprint density at radius 2 is 1.96 bits per heavy atom. The number of aromatic nitrogens is 7. The molecular weight excluding hydrogens is 330 g/mol. The molecule has 0 radical (unpaired) electrons. The molecule has 8 heteroatoms. The second-order valence-corrected chi connectivity index (χ2v) is 6.76. The number of rotatable bonds is 2. The molecule has 0 amide bonds. The molecule has 26 heavy (non-hydrogen) atoms. The molecule has 128 valence electrons. The fourth-order valence-electron chi connectivity index (χ4n) is 4.00. The number of benzene rings is 1. The first-order valence-corrected chi connectivity index (χ1v) is 8.82. The summed E-state index contributed by atoms with van der Waals surface area (Å²) in [5, 5.41) is 14.0. The van der Waals surface area contributed by atoms with Crippen LogP contribution < -0.4 is 0 Å². The Morgan fingerprint density at radius 3 is 2.88 bits per heavy atom. The summed E-state index contributed by atoms with van der Waals surface area (Å²) in [4.78, 5) is 8.93. The molecule has 1 aromatic carbocycles. The van der Waals surface area contributed by atoms with Gasteiger partial charge in [0.1, 0.15) is 12.0 Å². The molecule has 0 N–H and O–H groups in total. The Hall–Kier alpha value is -3.29. The van der Waals surface area contributed by atoms with Crippen LogP contribution in [0, 0.1) is 0 Å². The van der Waals surface area contributed by atoms with E-state index in [2.05, 4.69) is 25.3 Å². The first kappa shape index (κ1) is 13.9. The van der Waals surface area contributed by atoms with E-state index >= 15 is 0 Å². The van der Waals surface area contributed by atoms with Crippen molar-refractivity contribution in [3.05, 3.63) is 42.7 Å². The van der Waals surface area contributed by atoms with Crippen LogP contribution in [-0.2, 0) is 0 Å². The van der Waals surface area contributed by atoms with E-state index in [9.17, 15) is 0 Å². The molecule has 0 unspecified atom stereocenters. The quantitative estimate of drug-likeness (QED) is 0.488. The third kappa shape index (κ3) is 1.81. The van der Waals surface area contributed by atoms with Crippen molar-refractivity contribution in [3.63, 3.8) is 0 Å². The zero-order chi connectivity index (χ0) is 17.1. The number of hydrogen-bond donors (Lipinski definition) is 0. The van der Waals surface area contributed by atoms with Crippen LogP contribution in [0.3, 0.4) is 0 Å². The second-order valence-electron chi connectivity index (χ2n) is 6.76. The van der Waals surface area contributed by atoms with Crippen LogP contribution >= 0.6 is 0 Å². The molecule has 0 spiro atoms. The van der Waals surface area contributed by atoms with Gasteiger partial charge in [-0.1, -0.05) is 30.1 Å².